The fraction of sp³-hybridized carbons (Fsp3) is 0.182. The van der Waals surface area contributed by atoms with Gasteiger partial charge >= 0.3 is 5.97 Å². The molecule has 68 valence electrons. The molecule has 0 aliphatic heterocycles. The molecule has 2 heteroatoms. The van der Waals surface area contributed by atoms with Crippen molar-refractivity contribution < 1.29 is 9.90 Å². The van der Waals surface area contributed by atoms with Gasteiger partial charge < -0.3 is 5.11 Å². The van der Waals surface area contributed by atoms with E-state index in [9.17, 15) is 4.79 Å². The van der Waals surface area contributed by atoms with Crippen LogP contribution in [-0.4, -0.2) is 11.1 Å². The summed E-state index contributed by atoms with van der Waals surface area (Å²) in [5.74, 6) is -0.869. The SMILES string of the molecule is CC(C)=C(C(=O)O)c1ccccc1. The van der Waals surface area contributed by atoms with Gasteiger partial charge in [-0.3, -0.25) is 0 Å². The van der Waals surface area contributed by atoms with Gasteiger partial charge in [-0.2, -0.15) is 0 Å². The van der Waals surface area contributed by atoms with Crippen molar-refractivity contribution in [3.05, 3.63) is 41.5 Å². The Balaban J connectivity index is 3.20. The molecule has 0 heterocycles. The molecule has 0 radical (unpaired) electrons. The van der Waals surface area contributed by atoms with E-state index in [2.05, 4.69) is 0 Å². The number of rotatable bonds is 2. The van der Waals surface area contributed by atoms with Gasteiger partial charge in [0.15, 0.2) is 0 Å². The zero-order valence-corrected chi connectivity index (χ0v) is 7.74. The molecular weight excluding hydrogens is 164 g/mol. The molecule has 0 fully saturated rings. The minimum absolute atomic E-state index is 0.389. The smallest absolute Gasteiger partial charge is 0.336 e. The van der Waals surface area contributed by atoms with E-state index in [-0.39, 0.29) is 0 Å². The van der Waals surface area contributed by atoms with Crippen molar-refractivity contribution in [1.29, 1.82) is 0 Å². The van der Waals surface area contributed by atoms with Crippen molar-refractivity contribution in [3.8, 4) is 0 Å². The minimum atomic E-state index is -0.869. The maximum atomic E-state index is 10.9. The quantitative estimate of drug-likeness (QED) is 0.703. The molecule has 0 saturated heterocycles. The molecule has 0 amide bonds. The third-order valence-corrected chi connectivity index (χ3v) is 1.78. The summed E-state index contributed by atoms with van der Waals surface area (Å²) in [7, 11) is 0. The van der Waals surface area contributed by atoms with E-state index >= 15 is 0 Å². The van der Waals surface area contributed by atoms with Crippen molar-refractivity contribution in [2.75, 3.05) is 0 Å². The summed E-state index contributed by atoms with van der Waals surface area (Å²) in [6, 6.07) is 9.14. The molecule has 0 aliphatic carbocycles. The van der Waals surface area contributed by atoms with Crippen LogP contribution >= 0.6 is 0 Å². The Hall–Kier alpha value is -1.57. The van der Waals surface area contributed by atoms with Gasteiger partial charge in [0.2, 0.25) is 0 Å². The third kappa shape index (κ3) is 2.18. The highest BCUT2D eigenvalue weighted by molar-refractivity contribution is 6.16. The number of hydrogen-bond acceptors (Lipinski definition) is 1. The van der Waals surface area contributed by atoms with Crippen molar-refractivity contribution >= 4 is 11.5 Å². The molecule has 1 N–H and O–H groups in total. The highest BCUT2D eigenvalue weighted by Crippen LogP contribution is 2.17. The van der Waals surface area contributed by atoms with Crippen LogP contribution in [0.25, 0.3) is 5.57 Å². The van der Waals surface area contributed by atoms with Crippen LogP contribution in [-0.2, 0) is 4.79 Å². The molecule has 1 rings (SSSR count). The molecule has 0 aliphatic rings. The lowest BCUT2D eigenvalue weighted by molar-refractivity contribution is -0.130. The minimum Gasteiger partial charge on any atom is -0.478 e. The number of allylic oxidation sites excluding steroid dienone is 1. The van der Waals surface area contributed by atoms with Crippen LogP contribution in [0.1, 0.15) is 19.4 Å². The second-order valence-corrected chi connectivity index (χ2v) is 3.05. The number of benzene rings is 1. The van der Waals surface area contributed by atoms with Crippen LogP contribution in [0.15, 0.2) is 35.9 Å². The summed E-state index contributed by atoms with van der Waals surface area (Å²) in [4.78, 5) is 10.9. The molecule has 2 nitrogen and oxygen atoms in total. The molecule has 0 spiro atoms. The van der Waals surface area contributed by atoms with Crippen molar-refractivity contribution in [2.45, 2.75) is 13.8 Å². The predicted octanol–water partition coefficient (Wildman–Crippen LogP) is 2.56. The van der Waals surface area contributed by atoms with Crippen LogP contribution < -0.4 is 0 Å². The molecule has 1 aromatic rings. The molecule has 0 aromatic heterocycles. The Bertz CT molecular complexity index is 332. The normalized spacial score (nSPS) is 9.38. The van der Waals surface area contributed by atoms with E-state index in [1.165, 1.54) is 0 Å². The standard InChI is InChI=1S/C11H12O2/c1-8(2)10(11(12)13)9-6-4-3-5-7-9/h3-7H,1-2H3,(H,12,13). The Kier molecular flexibility index (Phi) is 2.85. The van der Waals surface area contributed by atoms with Gasteiger partial charge in [0.1, 0.15) is 0 Å². The van der Waals surface area contributed by atoms with Crippen LogP contribution in [0.5, 0.6) is 0 Å². The number of hydrogen-bond donors (Lipinski definition) is 1. The lowest BCUT2D eigenvalue weighted by atomic mass is 10.0. The number of aliphatic carboxylic acids is 1. The Morgan fingerprint density at radius 1 is 1.15 bits per heavy atom. The molecule has 13 heavy (non-hydrogen) atoms. The summed E-state index contributed by atoms with van der Waals surface area (Å²) in [6.07, 6.45) is 0. The second kappa shape index (κ2) is 3.90. The Morgan fingerprint density at radius 3 is 2.08 bits per heavy atom. The Morgan fingerprint density at radius 2 is 1.69 bits per heavy atom. The van der Waals surface area contributed by atoms with Gasteiger partial charge in [-0.15, -0.1) is 0 Å². The van der Waals surface area contributed by atoms with Crippen molar-refractivity contribution in [2.24, 2.45) is 0 Å². The van der Waals surface area contributed by atoms with E-state index < -0.39 is 5.97 Å². The molecule has 0 unspecified atom stereocenters. The molecule has 0 atom stereocenters. The maximum absolute atomic E-state index is 10.9. The number of carbonyl (C=O) groups is 1. The van der Waals surface area contributed by atoms with E-state index in [4.69, 9.17) is 5.11 Å². The first-order chi connectivity index (χ1) is 6.13. The van der Waals surface area contributed by atoms with Crippen LogP contribution in [0.2, 0.25) is 0 Å². The van der Waals surface area contributed by atoms with Gasteiger partial charge in [-0.25, -0.2) is 4.79 Å². The highest BCUT2D eigenvalue weighted by atomic mass is 16.4. The monoisotopic (exact) mass is 176 g/mol. The first kappa shape index (κ1) is 9.52. The van der Waals surface area contributed by atoms with Crippen LogP contribution in [0.3, 0.4) is 0 Å². The molecule has 1 aromatic carbocycles. The maximum Gasteiger partial charge on any atom is 0.336 e. The van der Waals surface area contributed by atoms with Crippen molar-refractivity contribution in [3.63, 3.8) is 0 Å². The lowest BCUT2D eigenvalue weighted by Crippen LogP contribution is -2.01. The second-order valence-electron chi connectivity index (χ2n) is 3.05. The van der Waals surface area contributed by atoms with E-state index in [1.807, 2.05) is 18.2 Å². The number of carboxylic acid groups (broad SMARTS) is 1. The van der Waals surface area contributed by atoms with E-state index in [0.29, 0.717) is 5.57 Å². The number of carboxylic acids is 1. The molecule has 0 saturated carbocycles. The average molecular weight is 176 g/mol. The predicted molar refractivity (Wildman–Crippen MR) is 52.3 cm³/mol. The lowest BCUT2D eigenvalue weighted by Gasteiger charge is -2.03. The van der Waals surface area contributed by atoms with Gasteiger partial charge in [-0.05, 0) is 19.4 Å². The fourth-order valence-electron chi connectivity index (χ4n) is 1.23. The van der Waals surface area contributed by atoms with Crippen molar-refractivity contribution in [1.82, 2.24) is 0 Å². The van der Waals surface area contributed by atoms with Gasteiger partial charge in [-0.1, -0.05) is 35.9 Å². The first-order valence-electron chi connectivity index (χ1n) is 4.09. The summed E-state index contributed by atoms with van der Waals surface area (Å²) in [5, 5.41) is 8.94. The summed E-state index contributed by atoms with van der Waals surface area (Å²) < 4.78 is 0. The summed E-state index contributed by atoms with van der Waals surface area (Å²) in [5.41, 5.74) is 1.97. The zero-order valence-electron chi connectivity index (χ0n) is 7.74. The van der Waals surface area contributed by atoms with Gasteiger partial charge in [0.05, 0.1) is 5.57 Å². The highest BCUT2D eigenvalue weighted by Gasteiger charge is 2.10. The van der Waals surface area contributed by atoms with Gasteiger partial charge in [0, 0.05) is 0 Å². The average Bonchev–Trinajstić information content (AvgIpc) is 2.04. The summed E-state index contributed by atoms with van der Waals surface area (Å²) in [6.45, 7) is 3.60. The van der Waals surface area contributed by atoms with E-state index in [0.717, 1.165) is 11.1 Å². The molecular formula is C11H12O2. The topological polar surface area (TPSA) is 37.3 Å². The zero-order chi connectivity index (χ0) is 9.84. The first-order valence-corrected chi connectivity index (χ1v) is 4.09. The van der Waals surface area contributed by atoms with Crippen LogP contribution in [0, 0.1) is 0 Å². The molecule has 0 bridgehead atoms. The summed E-state index contributed by atoms with van der Waals surface area (Å²) >= 11 is 0. The fourth-order valence-corrected chi connectivity index (χ4v) is 1.23. The van der Waals surface area contributed by atoms with E-state index in [1.54, 1.807) is 26.0 Å². The Labute approximate surface area is 77.5 Å². The third-order valence-electron chi connectivity index (χ3n) is 1.78. The van der Waals surface area contributed by atoms with Gasteiger partial charge in [0.25, 0.3) is 0 Å². The largest absolute Gasteiger partial charge is 0.478 e. The van der Waals surface area contributed by atoms with Crippen LogP contribution in [0.4, 0.5) is 0 Å².